The third-order valence-electron chi connectivity index (χ3n) is 4.97. The molecule has 3 aromatic carbocycles. The van der Waals surface area contributed by atoms with E-state index < -0.39 is 0 Å². The van der Waals surface area contributed by atoms with Crippen LogP contribution in [-0.4, -0.2) is 17.5 Å². The van der Waals surface area contributed by atoms with Crippen molar-refractivity contribution in [1.82, 2.24) is 4.98 Å². The van der Waals surface area contributed by atoms with E-state index in [1.807, 2.05) is 68.4 Å². The van der Waals surface area contributed by atoms with Gasteiger partial charge in [-0.3, -0.25) is 4.79 Å². The summed E-state index contributed by atoms with van der Waals surface area (Å²) >= 11 is 12.5. The van der Waals surface area contributed by atoms with Gasteiger partial charge in [0.1, 0.15) is 5.75 Å². The zero-order valence-corrected chi connectivity index (χ0v) is 18.6. The fourth-order valence-electron chi connectivity index (χ4n) is 3.54. The van der Waals surface area contributed by atoms with E-state index in [2.05, 4.69) is 5.32 Å². The number of para-hydroxylation sites is 1. The number of carbonyl (C=O) groups excluding carboxylic acids is 1. The number of nitrogens with zero attached hydrogens (tertiary/aromatic N) is 1. The molecule has 0 aliphatic carbocycles. The molecule has 1 heterocycles. The molecule has 4 rings (SSSR count). The molecule has 1 aromatic heterocycles. The van der Waals surface area contributed by atoms with Gasteiger partial charge in [-0.25, -0.2) is 4.98 Å². The van der Waals surface area contributed by atoms with Crippen molar-refractivity contribution in [1.29, 1.82) is 0 Å². The van der Waals surface area contributed by atoms with Gasteiger partial charge in [-0.05, 0) is 67.9 Å². The first-order valence-corrected chi connectivity index (χ1v) is 10.6. The number of carbonyl (C=O) groups is 1. The van der Waals surface area contributed by atoms with E-state index in [1.165, 1.54) is 0 Å². The highest BCUT2D eigenvalue weighted by Crippen LogP contribution is 2.35. The van der Waals surface area contributed by atoms with Crippen LogP contribution in [0.5, 0.6) is 5.75 Å². The Morgan fingerprint density at radius 3 is 2.48 bits per heavy atom. The summed E-state index contributed by atoms with van der Waals surface area (Å²) < 4.78 is 5.47. The lowest BCUT2D eigenvalue weighted by Crippen LogP contribution is -2.15. The third-order valence-corrected chi connectivity index (χ3v) is 5.52. The van der Waals surface area contributed by atoms with E-state index in [-0.39, 0.29) is 5.91 Å². The molecular formula is C25H20Cl2N2O2. The van der Waals surface area contributed by atoms with Crippen LogP contribution in [0, 0.1) is 6.92 Å². The van der Waals surface area contributed by atoms with Crippen LogP contribution in [0.4, 0.5) is 5.69 Å². The summed E-state index contributed by atoms with van der Waals surface area (Å²) in [5, 5.41) is 4.79. The number of halogens is 2. The second-order valence-electron chi connectivity index (χ2n) is 7.01. The number of ether oxygens (including phenoxy) is 1. The summed E-state index contributed by atoms with van der Waals surface area (Å²) in [5.74, 6) is 0.539. The van der Waals surface area contributed by atoms with Gasteiger partial charge < -0.3 is 10.1 Å². The lowest BCUT2D eigenvalue weighted by molar-refractivity contribution is 0.102. The molecule has 31 heavy (non-hydrogen) atoms. The van der Waals surface area contributed by atoms with Crippen LogP contribution in [0.25, 0.3) is 22.2 Å². The molecule has 4 aromatic rings. The number of fused-ring (bicyclic) bond motifs is 1. The Kier molecular flexibility index (Phi) is 6.12. The van der Waals surface area contributed by atoms with Gasteiger partial charge in [0.05, 0.1) is 28.4 Å². The predicted octanol–water partition coefficient (Wildman–Crippen LogP) is 7.17. The van der Waals surface area contributed by atoms with Gasteiger partial charge in [0.15, 0.2) is 0 Å². The monoisotopic (exact) mass is 450 g/mol. The maximum absolute atomic E-state index is 13.4. The average molecular weight is 451 g/mol. The van der Waals surface area contributed by atoms with Gasteiger partial charge in [-0.2, -0.15) is 0 Å². The van der Waals surface area contributed by atoms with Gasteiger partial charge in [0.2, 0.25) is 0 Å². The van der Waals surface area contributed by atoms with Gasteiger partial charge in [-0.15, -0.1) is 0 Å². The molecule has 156 valence electrons. The number of pyridine rings is 1. The molecule has 0 saturated heterocycles. The Morgan fingerprint density at radius 2 is 1.77 bits per heavy atom. The Bertz CT molecular complexity index is 1270. The van der Waals surface area contributed by atoms with Crippen LogP contribution in [0.3, 0.4) is 0 Å². The first kappa shape index (κ1) is 21.2. The molecule has 0 saturated carbocycles. The minimum Gasteiger partial charge on any atom is -0.494 e. The van der Waals surface area contributed by atoms with Crippen LogP contribution < -0.4 is 10.1 Å². The molecule has 0 radical (unpaired) electrons. The van der Waals surface area contributed by atoms with Crippen LogP contribution in [0.2, 0.25) is 10.0 Å². The van der Waals surface area contributed by atoms with Crippen LogP contribution in [0.1, 0.15) is 22.8 Å². The highest BCUT2D eigenvalue weighted by Gasteiger charge is 2.20. The molecule has 1 N–H and O–H groups in total. The zero-order chi connectivity index (χ0) is 22.0. The first-order chi connectivity index (χ1) is 15.0. The number of aromatic nitrogens is 1. The fraction of sp³-hybridized carbons (Fsp3) is 0.120. The van der Waals surface area contributed by atoms with Gasteiger partial charge in [0, 0.05) is 21.7 Å². The SMILES string of the molecule is CCOc1ccc(NC(=O)c2c(C)c(-c3ccc(Cl)cc3Cl)nc3ccccc23)cc1. The third kappa shape index (κ3) is 4.36. The van der Waals surface area contributed by atoms with Gasteiger partial charge in [0.25, 0.3) is 5.91 Å². The number of anilines is 1. The number of hydrogen-bond acceptors (Lipinski definition) is 3. The first-order valence-electron chi connectivity index (χ1n) is 9.87. The quantitative estimate of drug-likeness (QED) is 0.350. The smallest absolute Gasteiger partial charge is 0.256 e. The summed E-state index contributed by atoms with van der Waals surface area (Å²) in [6, 6.07) is 20.1. The number of nitrogens with one attached hydrogen (secondary N) is 1. The summed E-state index contributed by atoms with van der Waals surface area (Å²) in [6.45, 7) is 4.40. The number of hydrogen-bond donors (Lipinski definition) is 1. The molecule has 0 atom stereocenters. The summed E-state index contributed by atoms with van der Waals surface area (Å²) in [7, 11) is 0. The zero-order valence-electron chi connectivity index (χ0n) is 17.1. The molecule has 0 aliphatic heterocycles. The molecule has 0 spiro atoms. The highest BCUT2D eigenvalue weighted by atomic mass is 35.5. The molecule has 6 heteroatoms. The largest absolute Gasteiger partial charge is 0.494 e. The lowest BCUT2D eigenvalue weighted by Gasteiger charge is -2.16. The maximum atomic E-state index is 13.4. The van der Waals surface area contributed by atoms with Crippen LogP contribution >= 0.6 is 23.2 Å². The summed E-state index contributed by atoms with van der Waals surface area (Å²) in [5.41, 5.74) is 4.07. The second-order valence-corrected chi connectivity index (χ2v) is 7.86. The molecule has 4 nitrogen and oxygen atoms in total. The Morgan fingerprint density at radius 1 is 1.03 bits per heavy atom. The van der Waals surface area contributed by atoms with Crippen LogP contribution in [0.15, 0.2) is 66.7 Å². The molecule has 0 fully saturated rings. The van der Waals surface area contributed by atoms with Crippen molar-refractivity contribution in [2.24, 2.45) is 0 Å². The summed E-state index contributed by atoms with van der Waals surface area (Å²) in [6.07, 6.45) is 0. The Labute approximate surface area is 190 Å². The number of amides is 1. The standard InChI is InChI=1S/C25H20Cl2N2O2/c1-3-31-18-11-9-17(10-12-18)28-25(30)23-15(2)24(19-13-8-16(26)14-21(19)27)29-22-7-5-4-6-20(22)23/h4-14H,3H2,1-2H3,(H,28,30). The van der Waals surface area contributed by atoms with Crippen molar-refractivity contribution < 1.29 is 9.53 Å². The number of benzene rings is 3. The highest BCUT2D eigenvalue weighted by molar-refractivity contribution is 6.36. The van der Waals surface area contributed by atoms with E-state index in [1.54, 1.807) is 12.1 Å². The lowest BCUT2D eigenvalue weighted by atomic mass is 9.97. The van der Waals surface area contributed by atoms with E-state index >= 15 is 0 Å². The van der Waals surface area contributed by atoms with Crippen molar-refractivity contribution in [2.45, 2.75) is 13.8 Å². The summed E-state index contributed by atoms with van der Waals surface area (Å²) in [4.78, 5) is 18.2. The van der Waals surface area contributed by atoms with E-state index in [4.69, 9.17) is 32.9 Å². The van der Waals surface area contributed by atoms with E-state index in [0.29, 0.717) is 39.1 Å². The van der Waals surface area contributed by atoms with Crippen molar-refractivity contribution in [2.75, 3.05) is 11.9 Å². The van der Waals surface area contributed by atoms with Crippen molar-refractivity contribution in [3.63, 3.8) is 0 Å². The average Bonchev–Trinajstić information content (AvgIpc) is 2.75. The minimum absolute atomic E-state index is 0.216. The predicted molar refractivity (Wildman–Crippen MR) is 128 cm³/mol. The molecule has 0 aliphatic rings. The number of rotatable bonds is 5. The Balaban J connectivity index is 1.80. The second kappa shape index (κ2) is 8.96. The molecular weight excluding hydrogens is 431 g/mol. The van der Waals surface area contributed by atoms with Gasteiger partial charge >= 0.3 is 0 Å². The fourth-order valence-corrected chi connectivity index (χ4v) is 4.04. The molecule has 0 unspecified atom stereocenters. The Hall–Kier alpha value is -3.08. The minimum atomic E-state index is -0.216. The topological polar surface area (TPSA) is 51.2 Å². The van der Waals surface area contributed by atoms with E-state index in [0.717, 1.165) is 22.3 Å². The molecule has 0 bridgehead atoms. The van der Waals surface area contributed by atoms with Crippen molar-refractivity contribution >= 4 is 45.7 Å². The van der Waals surface area contributed by atoms with Crippen molar-refractivity contribution in [3.8, 4) is 17.0 Å². The van der Waals surface area contributed by atoms with E-state index in [9.17, 15) is 4.79 Å². The maximum Gasteiger partial charge on any atom is 0.256 e. The normalized spacial score (nSPS) is 10.8. The van der Waals surface area contributed by atoms with Gasteiger partial charge in [-0.1, -0.05) is 41.4 Å². The van der Waals surface area contributed by atoms with Crippen molar-refractivity contribution in [3.05, 3.63) is 87.9 Å². The van der Waals surface area contributed by atoms with Crippen LogP contribution in [-0.2, 0) is 0 Å². The molecule has 1 amide bonds.